The fourth-order valence-corrected chi connectivity index (χ4v) is 2.40. The number of nitrogens with one attached hydrogen (secondary N) is 1. The van der Waals surface area contributed by atoms with E-state index in [0.717, 1.165) is 0 Å². The van der Waals surface area contributed by atoms with Crippen LogP contribution in [0.1, 0.15) is 19.9 Å². The summed E-state index contributed by atoms with van der Waals surface area (Å²) in [6.07, 6.45) is 0. The Balaban J connectivity index is 1.93. The minimum Gasteiger partial charge on any atom is -0.336 e. The Hall–Kier alpha value is -1.64. The van der Waals surface area contributed by atoms with Gasteiger partial charge in [-0.15, -0.1) is 5.10 Å². The fourth-order valence-electron chi connectivity index (χ4n) is 1.52. The van der Waals surface area contributed by atoms with E-state index in [0.29, 0.717) is 18.2 Å². The van der Waals surface area contributed by atoms with Crippen LogP contribution in [0.2, 0.25) is 0 Å². The molecule has 0 aliphatic carbocycles. The Labute approximate surface area is 108 Å². The van der Waals surface area contributed by atoms with Gasteiger partial charge in [0.05, 0.1) is 11.8 Å². The molecule has 1 aliphatic heterocycles. The number of hydrogen-bond acceptors (Lipinski definition) is 6. The van der Waals surface area contributed by atoms with Gasteiger partial charge < -0.3 is 5.32 Å². The molecule has 2 heterocycles. The zero-order valence-electron chi connectivity index (χ0n) is 10.2. The van der Waals surface area contributed by atoms with Gasteiger partial charge in [0.2, 0.25) is 11.1 Å². The fraction of sp³-hybridized carbons (Fsp3) is 0.667. The van der Waals surface area contributed by atoms with Crippen LogP contribution >= 0.6 is 11.8 Å². The van der Waals surface area contributed by atoms with E-state index in [1.807, 2.05) is 13.8 Å². The van der Waals surface area contributed by atoms with Crippen molar-refractivity contribution in [3.05, 3.63) is 0 Å². The molecular weight excluding hydrogens is 256 g/mol. The molecule has 18 heavy (non-hydrogen) atoms. The number of carbonyl (C=O) groups is 2. The third-order valence-corrected chi connectivity index (χ3v) is 3.35. The summed E-state index contributed by atoms with van der Waals surface area (Å²) in [7, 11) is 0. The normalized spacial score (nSPS) is 15.3. The van der Waals surface area contributed by atoms with E-state index in [2.05, 4.69) is 20.8 Å². The average Bonchev–Trinajstić information content (AvgIpc) is 2.94. The lowest BCUT2D eigenvalue weighted by Gasteiger charge is -2.11. The van der Waals surface area contributed by atoms with Gasteiger partial charge in [0.1, 0.15) is 0 Å². The quantitative estimate of drug-likeness (QED) is 0.768. The lowest BCUT2D eigenvalue weighted by atomic mass is 10.4. The van der Waals surface area contributed by atoms with Gasteiger partial charge in [-0.3, -0.25) is 9.69 Å². The molecule has 3 amide bonds. The van der Waals surface area contributed by atoms with Crippen molar-refractivity contribution >= 4 is 23.7 Å². The first-order valence-corrected chi connectivity index (χ1v) is 6.57. The van der Waals surface area contributed by atoms with Crippen molar-refractivity contribution in [2.75, 3.05) is 18.8 Å². The molecule has 0 bridgehead atoms. The number of tetrazole rings is 1. The van der Waals surface area contributed by atoms with Gasteiger partial charge in [-0.25, -0.2) is 9.48 Å². The van der Waals surface area contributed by atoms with Crippen molar-refractivity contribution in [2.45, 2.75) is 25.0 Å². The largest absolute Gasteiger partial charge is 0.336 e. The number of amides is 3. The summed E-state index contributed by atoms with van der Waals surface area (Å²) in [6.45, 7) is 4.85. The molecule has 9 heteroatoms. The lowest BCUT2D eigenvalue weighted by Crippen LogP contribution is -2.35. The van der Waals surface area contributed by atoms with Crippen LogP contribution in [0, 0.1) is 0 Å². The molecule has 0 atom stereocenters. The van der Waals surface area contributed by atoms with E-state index >= 15 is 0 Å². The minimum absolute atomic E-state index is 0.132. The van der Waals surface area contributed by atoms with Gasteiger partial charge in [-0.1, -0.05) is 11.8 Å². The second kappa shape index (κ2) is 5.34. The van der Waals surface area contributed by atoms with Crippen LogP contribution < -0.4 is 5.32 Å². The topological polar surface area (TPSA) is 93.0 Å². The van der Waals surface area contributed by atoms with E-state index in [-0.39, 0.29) is 23.7 Å². The Morgan fingerprint density at radius 2 is 2.33 bits per heavy atom. The van der Waals surface area contributed by atoms with E-state index < -0.39 is 0 Å². The first-order chi connectivity index (χ1) is 8.59. The minimum atomic E-state index is -0.330. The second-order valence-corrected chi connectivity index (χ2v) is 5.01. The first-order valence-electron chi connectivity index (χ1n) is 5.58. The number of nitrogens with zero attached hydrogens (tertiary/aromatic N) is 5. The molecule has 1 aromatic heterocycles. The van der Waals surface area contributed by atoms with Crippen molar-refractivity contribution < 1.29 is 9.59 Å². The van der Waals surface area contributed by atoms with Crippen LogP contribution in [0.25, 0.3) is 0 Å². The summed E-state index contributed by atoms with van der Waals surface area (Å²) in [5.41, 5.74) is 0. The van der Waals surface area contributed by atoms with Crippen LogP contribution in [0.4, 0.5) is 4.79 Å². The standard InChI is InChI=1S/C9H14N6O2S/c1-6(2)15-9(11-12-13-15)18-5-7(16)14-4-3-10-8(14)17/h6H,3-5H2,1-2H3,(H,10,17). The zero-order valence-corrected chi connectivity index (χ0v) is 11.0. The van der Waals surface area contributed by atoms with Crippen molar-refractivity contribution in [3.8, 4) is 0 Å². The summed E-state index contributed by atoms with van der Waals surface area (Å²) in [5.74, 6) is -0.0751. The van der Waals surface area contributed by atoms with E-state index in [9.17, 15) is 9.59 Å². The molecule has 8 nitrogen and oxygen atoms in total. The van der Waals surface area contributed by atoms with Gasteiger partial charge in [0, 0.05) is 13.1 Å². The van der Waals surface area contributed by atoms with Gasteiger partial charge >= 0.3 is 6.03 Å². The van der Waals surface area contributed by atoms with Crippen molar-refractivity contribution in [3.63, 3.8) is 0 Å². The Morgan fingerprint density at radius 3 is 2.94 bits per heavy atom. The SMILES string of the molecule is CC(C)n1nnnc1SCC(=O)N1CCNC1=O. The highest BCUT2D eigenvalue weighted by atomic mass is 32.2. The Kier molecular flexibility index (Phi) is 3.80. The molecule has 1 N–H and O–H groups in total. The lowest BCUT2D eigenvalue weighted by molar-refractivity contribution is -0.124. The highest BCUT2D eigenvalue weighted by Gasteiger charge is 2.26. The smallest absolute Gasteiger partial charge is 0.324 e. The summed E-state index contributed by atoms with van der Waals surface area (Å²) in [4.78, 5) is 24.3. The summed E-state index contributed by atoms with van der Waals surface area (Å²) < 4.78 is 1.64. The van der Waals surface area contributed by atoms with Crippen LogP contribution in [0.3, 0.4) is 0 Å². The zero-order chi connectivity index (χ0) is 13.1. The predicted octanol–water partition coefficient (Wildman–Crippen LogP) is -0.102. The van der Waals surface area contributed by atoms with Crippen LogP contribution in [-0.2, 0) is 4.79 Å². The Morgan fingerprint density at radius 1 is 1.56 bits per heavy atom. The molecule has 0 radical (unpaired) electrons. The van der Waals surface area contributed by atoms with E-state index in [1.54, 1.807) is 4.68 Å². The van der Waals surface area contributed by atoms with Crippen molar-refractivity contribution in [1.82, 2.24) is 30.4 Å². The summed E-state index contributed by atoms with van der Waals surface area (Å²) >= 11 is 1.23. The maximum absolute atomic E-state index is 11.8. The molecular formula is C9H14N6O2S. The van der Waals surface area contributed by atoms with Gasteiger partial charge in [-0.2, -0.15) is 0 Å². The third kappa shape index (κ3) is 2.61. The van der Waals surface area contributed by atoms with Crippen molar-refractivity contribution in [2.24, 2.45) is 0 Å². The highest BCUT2D eigenvalue weighted by molar-refractivity contribution is 7.99. The molecule has 1 fully saturated rings. The average molecular weight is 270 g/mol. The number of aromatic nitrogens is 4. The number of thioether (sulfide) groups is 1. The number of hydrogen-bond donors (Lipinski definition) is 1. The van der Waals surface area contributed by atoms with Gasteiger partial charge in [0.25, 0.3) is 0 Å². The van der Waals surface area contributed by atoms with Crippen molar-refractivity contribution in [1.29, 1.82) is 0 Å². The second-order valence-electron chi connectivity index (χ2n) is 4.07. The van der Waals surface area contributed by atoms with E-state index in [4.69, 9.17) is 0 Å². The number of urea groups is 1. The number of rotatable bonds is 4. The maximum Gasteiger partial charge on any atom is 0.324 e. The molecule has 2 rings (SSSR count). The summed E-state index contributed by atoms with van der Waals surface area (Å²) in [6, 6.07) is -0.197. The first kappa shape index (κ1) is 12.8. The number of imide groups is 1. The van der Waals surface area contributed by atoms with Gasteiger partial charge in [-0.05, 0) is 24.3 Å². The highest BCUT2D eigenvalue weighted by Crippen LogP contribution is 2.18. The van der Waals surface area contributed by atoms with Gasteiger partial charge in [0.15, 0.2) is 0 Å². The molecule has 0 aromatic carbocycles. The van der Waals surface area contributed by atoms with E-state index in [1.165, 1.54) is 16.7 Å². The van der Waals surface area contributed by atoms with Crippen LogP contribution in [0.5, 0.6) is 0 Å². The maximum atomic E-state index is 11.8. The van der Waals surface area contributed by atoms with Crippen LogP contribution in [0.15, 0.2) is 5.16 Å². The Bertz CT molecular complexity index is 460. The predicted molar refractivity (Wildman–Crippen MR) is 64.0 cm³/mol. The molecule has 0 saturated carbocycles. The molecule has 1 aromatic rings. The monoisotopic (exact) mass is 270 g/mol. The third-order valence-electron chi connectivity index (χ3n) is 2.43. The molecule has 98 valence electrons. The number of carbonyl (C=O) groups excluding carboxylic acids is 2. The molecule has 1 saturated heterocycles. The molecule has 1 aliphatic rings. The summed E-state index contributed by atoms with van der Waals surface area (Å²) in [5, 5.41) is 14.4. The molecule has 0 spiro atoms. The molecule has 0 unspecified atom stereocenters. The van der Waals surface area contributed by atoms with Crippen LogP contribution in [-0.4, -0.2) is 55.9 Å².